The van der Waals surface area contributed by atoms with Crippen LogP contribution in [0.25, 0.3) is 10.9 Å². The maximum atomic E-state index is 9.06. The molecule has 0 radical (unpaired) electrons. The van der Waals surface area contributed by atoms with Crippen LogP contribution >= 0.6 is 12.2 Å². The van der Waals surface area contributed by atoms with Gasteiger partial charge >= 0.3 is 0 Å². The maximum absolute atomic E-state index is 9.06. The molecule has 1 heterocycles. The molecule has 0 bridgehead atoms. The highest BCUT2D eigenvalue weighted by Gasteiger charge is 1.98. The zero-order valence-electron chi connectivity index (χ0n) is 6.01. The molecule has 2 aromatic rings. The van der Waals surface area contributed by atoms with Crippen LogP contribution in [0.1, 0.15) is 0 Å². The van der Waals surface area contributed by atoms with E-state index in [0.29, 0.717) is 10.4 Å². The fraction of sp³-hybridized carbons (Fsp3) is 0. The summed E-state index contributed by atoms with van der Waals surface area (Å²) in [7, 11) is 0. The van der Waals surface area contributed by atoms with Gasteiger partial charge in [0.25, 0.3) is 0 Å². The van der Waals surface area contributed by atoms with E-state index in [1.54, 1.807) is 12.1 Å². The zero-order valence-corrected chi connectivity index (χ0v) is 6.82. The quantitative estimate of drug-likeness (QED) is 0.490. The van der Waals surface area contributed by atoms with Gasteiger partial charge < -0.3 is 5.21 Å². The van der Waals surface area contributed by atoms with Crippen LogP contribution in [0.3, 0.4) is 0 Å². The van der Waals surface area contributed by atoms with Gasteiger partial charge in [0, 0.05) is 5.39 Å². The minimum atomic E-state index is 0.278. The SMILES string of the molecule is On1nnc2ccccc2c1=S. The monoisotopic (exact) mass is 179 g/mol. The normalized spacial score (nSPS) is 10.3. The van der Waals surface area contributed by atoms with E-state index in [1.165, 1.54) is 0 Å². The number of hydrogen-bond donors (Lipinski definition) is 1. The summed E-state index contributed by atoms with van der Waals surface area (Å²) in [6, 6.07) is 7.25. The van der Waals surface area contributed by atoms with Crippen LogP contribution in [0.2, 0.25) is 0 Å². The number of aromatic nitrogens is 3. The minimum absolute atomic E-state index is 0.278. The van der Waals surface area contributed by atoms with Crippen molar-refractivity contribution in [2.45, 2.75) is 0 Å². The maximum Gasteiger partial charge on any atom is 0.175 e. The average molecular weight is 179 g/mol. The molecular formula is C7H5N3OS. The molecule has 2 rings (SSSR count). The summed E-state index contributed by atoms with van der Waals surface area (Å²) in [4.78, 5) is 0.595. The van der Waals surface area contributed by atoms with Crippen molar-refractivity contribution in [2.75, 3.05) is 0 Å². The number of fused-ring (bicyclic) bond motifs is 1. The van der Waals surface area contributed by atoms with Crippen molar-refractivity contribution in [2.24, 2.45) is 0 Å². The Morgan fingerprint density at radius 2 is 2.08 bits per heavy atom. The Bertz CT molecular complexity index is 479. The smallest absolute Gasteiger partial charge is 0.175 e. The average Bonchev–Trinajstić information content (AvgIpc) is 2.12. The molecule has 4 nitrogen and oxygen atoms in total. The van der Waals surface area contributed by atoms with Crippen molar-refractivity contribution < 1.29 is 5.21 Å². The van der Waals surface area contributed by atoms with E-state index in [1.807, 2.05) is 12.1 Å². The molecule has 0 aliphatic carbocycles. The van der Waals surface area contributed by atoms with E-state index >= 15 is 0 Å². The standard InChI is InChI=1S/C7H5N3OS/c11-10-7(12)5-3-1-2-4-6(5)8-9-10/h1-4,11H. The molecule has 1 N–H and O–H groups in total. The van der Waals surface area contributed by atoms with Crippen LogP contribution in [0, 0.1) is 4.64 Å². The first-order valence-electron chi connectivity index (χ1n) is 3.33. The number of nitrogens with zero attached hydrogens (tertiary/aromatic N) is 3. The van der Waals surface area contributed by atoms with E-state index in [-0.39, 0.29) is 4.64 Å². The predicted molar refractivity (Wildman–Crippen MR) is 45.5 cm³/mol. The van der Waals surface area contributed by atoms with Gasteiger partial charge in [0.1, 0.15) is 0 Å². The molecule has 0 spiro atoms. The molecule has 0 fully saturated rings. The number of rotatable bonds is 0. The van der Waals surface area contributed by atoms with E-state index < -0.39 is 0 Å². The summed E-state index contributed by atoms with van der Waals surface area (Å²) < 4.78 is 0.278. The van der Waals surface area contributed by atoms with Crippen LogP contribution in [0.5, 0.6) is 0 Å². The van der Waals surface area contributed by atoms with Crippen LogP contribution in [-0.4, -0.2) is 20.4 Å². The lowest BCUT2D eigenvalue weighted by Gasteiger charge is -1.97. The minimum Gasteiger partial charge on any atom is -0.409 e. The Labute approximate surface area is 73.0 Å². The first-order chi connectivity index (χ1) is 5.79. The number of hydrogen-bond acceptors (Lipinski definition) is 4. The highest BCUT2D eigenvalue weighted by Crippen LogP contribution is 2.09. The van der Waals surface area contributed by atoms with Crippen LogP contribution in [0.15, 0.2) is 24.3 Å². The molecule has 1 aromatic carbocycles. The third-order valence-corrected chi connectivity index (χ3v) is 1.94. The molecule has 5 heteroatoms. The van der Waals surface area contributed by atoms with Gasteiger partial charge in [-0.05, 0) is 17.3 Å². The molecule has 0 saturated carbocycles. The Morgan fingerprint density at radius 1 is 1.33 bits per heavy atom. The third kappa shape index (κ3) is 0.947. The van der Waals surface area contributed by atoms with Crippen LogP contribution in [-0.2, 0) is 0 Å². The van der Waals surface area contributed by atoms with Crippen molar-refractivity contribution in [3.63, 3.8) is 0 Å². The Morgan fingerprint density at radius 3 is 2.92 bits per heavy atom. The van der Waals surface area contributed by atoms with Gasteiger partial charge in [0.05, 0.1) is 5.52 Å². The molecule has 0 saturated heterocycles. The van der Waals surface area contributed by atoms with Crippen LogP contribution in [0.4, 0.5) is 0 Å². The Kier molecular flexibility index (Phi) is 1.51. The van der Waals surface area contributed by atoms with Gasteiger partial charge in [-0.25, -0.2) is 0 Å². The Balaban J connectivity index is 3.01. The van der Waals surface area contributed by atoms with Gasteiger partial charge in [0.15, 0.2) is 4.64 Å². The van der Waals surface area contributed by atoms with Gasteiger partial charge in [-0.3, -0.25) is 0 Å². The first kappa shape index (κ1) is 7.17. The second-order valence-electron chi connectivity index (χ2n) is 2.30. The second kappa shape index (κ2) is 2.53. The highest BCUT2D eigenvalue weighted by atomic mass is 32.1. The predicted octanol–water partition coefficient (Wildman–Crippen LogP) is 1.40. The number of benzene rings is 1. The summed E-state index contributed by atoms with van der Waals surface area (Å²) in [5.74, 6) is 0. The fourth-order valence-electron chi connectivity index (χ4n) is 0.981. The molecule has 12 heavy (non-hydrogen) atoms. The summed E-state index contributed by atoms with van der Waals surface area (Å²) in [5.41, 5.74) is 0.688. The molecule has 0 amide bonds. The van der Waals surface area contributed by atoms with Crippen LogP contribution < -0.4 is 0 Å². The van der Waals surface area contributed by atoms with Crippen molar-refractivity contribution in [1.29, 1.82) is 0 Å². The summed E-state index contributed by atoms with van der Waals surface area (Å²) in [6.45, 7) is 0. The van der Waals surface area contributed by atoms with E-state index in [4.69, 9.17) is 17.4 Å². The molecule has 0 atom stereocenters. The van der Waals surface area contributed by atoms with Gasteiger partial charge in [-0.15, -0.1) is 5.10 Å². The molecule has 0 aliphatic rings. The van der Waals surface area contributed by atoms with Crippen molar-refractivity contribution in [3.05, 3.63) is 28.9 Å². The van der Waals surface area contributed by atoms with E-state index in [9.17, 15) is 0 Å². The van der Waals surface area contributed by atoms with Gasteiger partial charge in [0.2, 0.25) is 0 Å². The molecule has 0 aliphatic heterocycles. The second-order valence-corrected chi connectivity index (χ2v) is 2.69. The first-order valence-corrected chi connectivity index (χ1v) is 3.74. The molecule has 60 valence electrons. The summed E-state index contributed by atoms with van der Waals surface area (Å²) >= 11 is 4.91. The lowest BCUT2D eigenvalue weighted by Crippen LogP contribution is -2.02. The zero-order chi connectivity index (χ0) is 8.55. The lowest BCUT2D eigenvalue weighted by atomic mass is 10.2. The van der Waals surface area contributed by atoms with E-state index in [0.717, 1.165) is 5.39 Å². The molecule has 0 unspecified atom stereocenters. The topological polar surface area (TPSA) is 50.9 Å². The van der Waals surface area contributed by atoms with Crippen molar-refractivity contribution in [3.8, 4) is 0 Å². The van der Waals surface area contributed by atoms with Gasteiger partial charge in [-0.1, -0.05) is 29.2 Å². The summed E-state index contributed by atoms with van der Waals surface area (Å²) in [6.07, 6.45) is 0. The van der Waals surface area contributed by atoms with Crippen molar-refractivity contribution >= 4 is 23.1 Å². The fourth-order valence-corrected chi connectivity index (χ4v) is 1.19. The third-order valence-electron chi connectivity index (χ3n) is 1.55. The Hall–Kier alpha value is -1.49. The largest absolute Gasteiger partial charge is 0.409 e. The van der Waals surface area contributed by atoms with Gasteiger partial charge in [-0.2, -0.15) is 0 Å². The molecule has 1 aromatic heterocycles. The van der Waals surface area contributed by atoms with Crippen molar-refractivity contribution in [1.82, 2.24) is 15.2 Å². The molecular weight excluding hydrogens is 174 g/mol. The summed E-state index contributed by atoms with van der Waals surface area (Å²) in [5, 5.41) is 16.9. The van der Waals surface area contributed by atoms with E-state index in [2.05, 4.69) is 10.3 Å². The lowest BCUT2D eigenvalue weighted by molar-refractivity contribution is 0.133. The highest BCUT2D eigenvalue weighted by molar-refractivity contribution is 7.71.